The Kier molecular flexibility index (Phi) is 6.20. The van der Waals surface area contributed by atoms with Gasteiger partial charge in [0, 0.05) is 27.2 Å². The van der Waals surface area contributed by atoms with E-state index in [4.69, 9.17) is 14.2 Å². The number of benzene rings is 1. The van der Waals surface area contributed by atoms with Crippen LogP contribution < -0.4 is 4.74 Å². The molecule has 2 fully saturated rings. The fourth-order valence-electron chi connectivity index (χ4n) is 4.55. The summed E-state index contributed by atoms with van der Waals surface area (Å²) in [7, 11) is 5.22. The molecule has 5 heteroatoms. The third-order valence-electron chi connectivity index (χ3n) is 6.21. The lowest BCUT2D eigenvalue weighted by atomic mass is 9.79. The van der Waals surface area contributed by atoms with Gasteiger partial charge in [-0.2, -0.15) is 0 Å². The molecule has 1 aliphatic heterocycles. The molecule has 1 aliphatic carbocycles. The number of aryl methyl sites for hydroxylation is 1. The highest BCUT2D eigenvalue weighted by atomic mass is 16.5. The van der Waals surface area contributed by atoms with Crippen molar-refractivity contribution in [1.82, 2.24) is 4.90 Å². The standard InChI is InChI=1S/C21H31NO4/c1-24-17-9-7-16(8-10-17)5-4-6-20(23)22-14-13-21(26-3)12-11-18(25-2)15-19(21)22/h7-10,18-19H,4-6,11-15H2,1-3H3/t18-,19-,21+/m0/s1. The van der Waals surface area contributed by atoms with Crippen molar-refractivity contribution < 1.29 is 19.0 Å². The molecule has 0 N–H and O–H groups in total. The van der Waals surface area contributed by atoms with E-state index in [1.807, 2.05) is 12.1 Å². The summed E-state index contributed by atoms with van der Waals surface area (Å²) in [5.41, 5.74) is 1.07. The molecule has 0 radical (unpaired) electrons. The van der Waals surface area contributed by atoms with Crippen molar-refractivity contribution in [3.8, 4) is 5.75 Å². The molecule has 2 aliphatic rings. The number of ether oxygens (including phenoxy) is 3. The number of carbonyl (C=O) groups excluding carboxylic acids is 1. The quantitative estimate of drug-likeness (QED) is 0.748. The van der Waals surface area contributed by atoms with Crippen LogP contribution >= 0.6 is 0 Å². The lowest BCUT2D eigenvalue weighted by Gasteiger charge is -2.43. The molecule has 1 saturated heterocycles. The van der Waals surface area contributed by atoms with Crippen LogP contribution in [0.15, 0.2) is 24.3 Å². The Labute approximate surface area is 156 Å². The SMILES string of the molecule is COc1ccc(CCCC(=O)N2CC[C@]3(OC)CC[C@H](OC)C[C@H]23)cc1. The third-order valence-corrected chi connectivity index (χ3v) is 6.21. The summed E-state index contributed by atoms with van der Waals surface area (Å²) in [6.07, 6.45) is 6.40. The van der Waals surface area contributed by atoms with Crippen LogP contribution in [0.2, 0.25) is 0 Å². The average molecular weight is 361 g/mol. The Morgan fingerprint density at radius 2 is 1.96 bits per heavy atom. The first-order valence-corrected chi connectivity index (χ1v) is 9.62. The highest BCUT2D eigenvalue weighted by Crippen LogP contribution is 2.43. The van der Waals surface area contributed by atoms with Crippen LogP contribution in [0.1, 0.15) is 44.1 Å². The Hall–Kier alpha value is -1.59. The van der Waals surface area contributed by atoms with Gasteiger partial charge in [-0.05, 0) is 56.2 Å². The second-order valence-corrected chi connectivity index (χ2v) is 7.46. The van der Waals surface area contributed by atoms with Gasteiger partial charge in [0.2, 0.25) is 5.91 Å². The molecule has 0 bridgehead atoms. The first-order valence-electron chi connectivity index (χ1n) is 9.62. The minimum absolute atomic E-state index is 0.152. The third kappa shape index (κ3) is 3.89. The van der Waals surface area contributed by atoms with Crippen molar-refractivity contribution in [2.45, 2.75) is 62.7 Å². The topological polar surface area (TPSA) is 48.0 Å². The minimum Gasteiger partial charge on any atom is -0.497 e. The molecular weight excluding hydrogens is 330 g/mol. The van der Waals surface area contributed by atoms with Gasteiger partial charge < -0.3 is 19.1 Å². The highest BCUT2D eigenvalue weighted by molar-refractivity contribution is 5.77. The van der Waals surface area contributed by atoms with Gasteiger partial charge in [-0.15, -0.1) is 0 Å². The largest absolute Gasteiger partial charge is 0.497 e. The summed E-state index contributed by atoms with van der Waals surface area (Å²) in [5.74, 6) is 1.11. The lowest BCUT2D eigenvalue weighted by molar-refractivity contribution is -0.140. The van der Waals surface area contributed by atoms with E-state index in [0.717, 1.165) is 50.8 Å². The van der Waals surface area contributed by atoms with Gasteiger partial charge in [0.25, 0.3) is 0 Å². The molecule has 1 heterocycles. The molecule has 144 valence electrons. The van der Waals surface area contributed by atoms with Gasteiger partial charge >= 0.3 is 0 Å². The molecule has 3 rings (SSSR count). The molecule has 5 nitrogen and oxygen atoms in total. The number of hydrogen-bond acceptors (Lipinski definition) is 4. The maximum Gasteiger partial charge on any atom is 0.222 e. The Bertz CT molecular complexity index is 603. The summed E-state index contributed by atoms with van der Waals surface area (Å²) in [6, 6.07) is 8.23. The lowest BCUT2D eigenvalue weighted by Crippen LogP contribution is -2.53. The first kappa shape index (κ1) is 19.2. The second-order valence-electron chi connectivity index (χ2n) is 7.46. The maximum absolute atomic E-state index is 12.9. The highest BCUT2D eigenvalue weighted by Gasteiger charge is 2.52. The number of methoxy groups -OCH3 is 3. The summed E-state index contributed by atoms with van der Waals surface area (Å²) in [5, 5.41) is 0. The van der Waals surface area contributed by atoms with E-state index in [2.05, 4.69) is 17.0 Å². The predicted octanol–water partition coefficient (Wildman–Crippen LogP) is 3.20. The Morgan fingerprint density at radius 3 is 2.62 bits per heavy atom. The van der Waals surface area contributed by atoms with Gasteiger partial charge in [0.1, 0.15) is 5.75 Å². The fourth-order valence-corrected chi connectivity index (χ4v) is 4.55. The monoisotopic (exact) mass is 361 g/mol. The second kappa shape index (κ2) is 8.40. The summed E-state index contributed by atoms with van der Waals surface area (Å²) >= 11 is 0. The molecule has 0 unspecified atom stereocenters. The van der Waals surface area contributed by atoms with Gasteiger partial charge in [-0.1, -0.05) is 12.1 Å². The molecule has 3 atom stereocenters. The van der Waals surface area contributed by atoms with Gasteiger partial charge in [-0.25, -0.2) is 0 Å². The maximum atomic E-state index is 12.9. The van der Waals surface area contributed by atoms with Crippen LogP contribution in [0.3, 0.4) is 0 Å². The van der Waals surface area contributed by atoms with Crippen molar-refractivity contribution in [2.24, 2.45) is 0 Å². The van der Waals surface area contributed by atoms with Gasteiger partial charge in [-0.3, -0.25) is 4.79 Å². The summed E-state index contributed by atoms with van der Waals surface area (Å²) in [6.45, 7) is 0.802. The predicted molar refractivity (Wildman–Crippen MR) is 100 cm³/mol. The molecule has 26 heavy (non-hydrogen) atoms. The molecule has 1 saturated carbocycles. The zero-order valence-electron chi connectivity index (χ0n) is 16.2. The zero-order valence-corrected chi connectivity index (χ0v) is 16.2. The van der Waals surface area contributed by atoms with E-state index in [1.165, 1.54) is 5.56 Å². The van der Waals surface area contributed by atoms with Crippen LogP contribution in [0, 0.1) is 0 Å². The summed E-state index contributed by atoms with van der Waals surface area (Å²) in [4.78, 5) is 14.9. The van der Waals surface area contributed by atoms with Crippen LogP contribution in [-0.4, -0.2) is 56.4 Å². The molecular formula is C21H31NO4. The number of carbonyl (C=O) groups is 1. The van der Waals surface area contributed by atoms with Gasteiger partial charge in [0.05, 0.1) is 24.9 Å². The summed E-state index contributed by atoms with van der Waals surface area (Å²) < 4.78 is 16.7. The van der Waals surface area contributed by atoms with Gasteiger partial charge in [0.15, 0.2) is 0 Å². The average Bonchev–Trinajstić information content (AvgIpc) is 3.07. The van der Waals surface area contributed by atoms with Crippen molar-refractivity contribution in [1.29, 1.82) is 0 Å². The number of rotatable bonds is 7. The fraction of sp³-hybridized carbons (Fsp3) is 0.667. The minimum atomic E-state index is -0.166. The van der Waals surface area contributed by atoms with Crippen molar-refractivity contribution in [3.05, 3.63) is 29.8 Å². The van der Waals surface area contributed by atoms with Crippen LogP contribution in [0.4, 0.5) is 0 Å². The Balaban J connectivity index is 1.55. The Morgan fingerprint density at radius 1 is 1.19 bits per heavy atom. The van der Waals surface area contributed by atoms with E-state index < -0.39 is 0 Å². The van der Waals surface area contributed by atoms with Crippen molar-refractivity contribution >= 4 is 5.91 Å². The van der Waals surface area contributed by atoms with E-state index in [-0.39, 0.29) is 23.7 Å². The normalized spacial score (nSPS) is 28.0. The van der Waals surface area contributed by atoms with Crippen LogP contribution in [-0.2, 0) is 20.7 Å². The van der Waals surface area contributed by atoms with Crippen molar-refractivity contribution in [2.75, 3.05) is 27.9 Å². The molecule has 0 aromatic heterocycles. The van der Waals surface area contributed by atoms with E-state index in [0.29, 0.717) is 6.42 Å². The van der Waals surface area contributed by atoms with Crippen molar-refractivity contribution in [3.63, 3.8) is 0 Å². The number of hydrogen-bond donors (Lipinski definition) is 0. The van der Waals surface area contributed by atoms with E-state index >= 15 is 0 Å². The number of amides is 1. The smallest absolute Gasteiger partial charge is 0.222 e. The number of likely N-dealkylation sites (tertiary alicyclic amines) is 1. The van der Waals surface area contributed by atoms with Crippen LogP contribution in [0.25, 0.3) is 0 Å². The zero-order chi connectivity index (χ0) is 18.6. The van der Waals surface area contributed by atoms with Crippen LogP contribution in [0.5, 0.6) is 5.75 Å². The first-order chi connectivity index (χ1) is 12.6. The molecule has 1 amide bonds. The molecule has 0 spiro atoms. The number of nitrogens with zero attached hydrogens (tertiary/aromatic N) is 1. The van der Waals surface area contributed by atoms with E-state index in [9.17, 15) is 4.79 Å². The molecule has 1 aromatic rings. The number of fused-ring (bicyclic) bond motifs is 1. The molecule has 1 aromatic carbocycles. The van der Waals surface area contributed by atoms with E-state index in [1.54, 1.807) is 21.3 Å².